The highest BCUT2D eigenvalue weighted by Gasteiger charge is 2.29. The summed E-state index contributed by atoms with van der Waals surface area (Å²) in [5, 5.41) is 0. The van der Waals surface area contributed by atoms with Crippen molar-refractivity contribution in [2.24, 2.45) is 13.0 Å². The Balaban J connectivity index is 2.03. The van der Waals surface area contributed by atoms with Gasteiger partial charge in [-0.1, -0.05) is 37.3 Å². The maximum Gasteiger partial charge on any atom is 0.332 e. The first-order valence-electron chi connectivity index (χ1n) is 9.05. The van der Waals surface area contributed by atoms with Gasteiger partial charge in [0.15, 0.2) is 11.2 Å². The highest BCUT2D eigenvalue weighted by molar-refractivity contribution is 5.77. The van der Waals surface area contributed by atoms with Gasteiger partial charge in [-0.2, -0.15) is 4.98 Å². The highest BCUT2D eigenvalue weighted by atomic mass is 16.2. The first kappa shape index (κ1) is 17.3. The molecule has 1 atom stereocenters. The lowest BCUT2D eigenvalue weighted by molar-refractivity contribution is 0.458. The van der Waals surface area contributed by atoms with E-state index in [0.29, 0.717) is 29.6 Å². The van der Waals surface area contributed by atoms with Gasteiger partial charge in [-0.25, -0.2) is 4.79 Å². The summed E-state index contributed by atoms with van der Waals surface area (Å²) < 4.78 is 4.65. The van der Waals surface area contributed by atoms with Crippen LogP contribution in [0, 0.1) is 5.92 Å². The number of allylic oxidation sites excluding steroid dienone is 1. The number of para-hydroxylation sites is 1. The average molecular weight is 365 g/mol. The Morgan fingerprint density at radius 2 is 1.93 bits per heavy atom. The van der Waals surface area contributed by atoms with Crippen LogP contribution < -0.4 is 16.1 Å². The lowest BCUT2D eigenvalue weighted by Gasteiger charge is -2.32. The highest BCUT2D eigenvalue weighted by Crippen LogP contribution is 2.32. The fourth-order valence-electron chi connectivity index (χ4n) is 3.74. The third kappa shape index (κ3) is 2.70. The fourth-order valence-corrected chi connectivity index (χ4v) is 3.74. The number of imidazole rings is 1. The molecule has 0 fully saturated rings. The Kier molecular flexibility index (Phi) is 4.02. The van der Waals surface area contributed by atoms with E-state index >= 15 is 0 Å². The Labute approximate surface area is 156 Å². The average Bonchev–Trinajstić information content (AvgIpc) is 3.03. The number of hydrogen-bond acceptors (Lipinski definition) is 4. The van der Waals surface area contributed by atoms with Crippen LogP contribution in [0.4, 0.5) is 11.6 Å². The van der Waals surface area contributed by atoms with Crippen LogP contribution in [-0.4, -0.2) is 25.2 Å². The molecule has 0 amide bonds. The van der Waals surface area contributed by atoms with Gasteiger partial charge in [0.1, 0.15) is 0 Å². The molecule has 0 unspecified atom stereocenters. The molecule has 2 aromatic heterocycles. The minimum absolute atomic E-state index is 0.208. The smallest absolute Gasteiger partial charge is 0.312 e. The second-order valence-corrected chi connectivity index (χ2v) is 7.44. The van der Waals surface area contributed by atoms with Crippen molar-refractivity contribution in [3.05, 3.63) is 63.3 Å². The van der Waals surface area contributed by atoms with Gasteiger partial charge in [-0.15, -0.1) is 0 Å². The number of aromatic nitrogens is 4. The fraction of sp³-hybridized carbons (Fsp3) is 0.350. The number of rotatable bonds is 3. The summed E-state index contributed by atoms with van der Waals surface area (Å²) >= 11 is 0. The summed E-state index contributed by atoms with van der Waals surface area (Å²) in [5.74, 6) is 1.04. The molecule has 0 spiro atoms. The molecule has 4 rings (SSSR count). The normalized spacial score (nSPS) is 16.6. The molecule has 0 N–H and O–H groups in total. The van der Waals surface area contributed by atoms with Gasteiger partial charge in [0.25, 0.3) is 5.56 Å². The SMILES string of the molecule is C=C(C)Cn1c(=O)c2c(nc3n2C[C@H](C)CN3c2ccccc2)n(C)c1=O. The van der Waals surface area contributed by atoms with Crippen LogP contribution in [0.25, 0.3) is 11.2 Å². The molecule has 0 aliphatic carbocycles. The predicted octanol–water partition coefficient (Wildman–Crippen LogP) is 2.26. The van der Waals surface area contributed by atoms with E-state index in [2.05, 4.69) is 18.4 Å². The Bertz CT molecular complexity index is 1150. The molecule has 27 heavy (non-hydrogen) atoms. The topological polar surface area (TPSA) is 65.1 Å². The Morgan fingerprint density at radius 3 is 2.59 bits per heavy atom. The third-order valence-corrected chi connectivity index (χ3v) is 4.94. The van der Waals surface area contributed by atoms with E-state index < -0.39 is 0 Å². The molecule has 0 radical (unpaired) electrons. The molecule has 0 saturated carbocycles. The summed E-state index contributed by atoms with van der Waals surface area (Å²) in [6.07, 6.45) is 0. The van der Waals surface area contributed by atoms with Gasteiger partial charge in [0.05, 0.1) is 6.54 Å². The number of nitrogens with zero attached hydrogens (tertiary/aromatic N) is 5. The van der Waals surface area contributed by atoms with Gasteiger partial charge >= 0.3 is 5.69 Å². The van der Waals surface area contributed by atoms with Gasteiger partial charge in [-0.3, -0.25) is 13.9 Å². The molecule has 1 aliphatic rings. The molecule has 0 bridgehead atoms. The zero-order chi connectivity index (χ0) is 19.3. The van der Waals surface area contributed by atoms with E-state index in [9.17, 15) is 9.59 Å². The van der Waals surface area contributed by atoms with Crippen molar-refractivity contribution in [1.82, 2.24) is 18.7 Å². The summed E-state index contributed by atoms with van der Waals surface area (Å²) in [4.78, 5) is 32.7. The summed E-state index contributed by atoms with van der Waals surface area (Å²) in [6, 6.07) is 9.99. The maximum absolute atomic E-state index is 13.1. The van der Waals surface area contributed by atoms with Crippen LogP contribution in [-0.2, 0) is 20.1 Å². The van der Waals surface area contributed by atoms with Gasteiger partial charge in [-0.05, 0) is 25.0 Å². The quantitative estimate of drug-likeness (QED) is 0.668. The number of aryl methyl sites for hydroxylation is 1. The molecular formula is C20H23N5O2. The van der Waals surface area contributed by atoms with Crippen molar-refractivity contribution in [3.63, 3.8) is 0 Å². The van der Waals surface area contributed by atoms with Crippen molar-refractivity contribution < 1.29 is 0 Å². The lowest BCUT2D eigenvalue weighted by Crippen LogP contribution is -2.40. The molecule has 0 saturated heterocycles. The van der Waals surface area contributed by atoms with Crippen LogP contribution in [0.2, 0.25) is 0 Å². The van der Waals surface area contributed by atoms with Crippen molar-refractivity contribution in [3.8, 4) is 0 Å². The Morgan fingerprint density at radius 1 is 1.22 bits per heavy atom. The van der Waals surface area contributed by atoms with Gasteiger partial charge < -0.3 is 9.47 Å². The molecule has 140 valence electrons. The van der Waals surface area contributed by atoms with Gasteiger partial charge in [0.2, 0.25) is 5.95 Å². The first-order chi connectivity index (χ1) is 12.9. The molecule has 7 heteroatoms. The zero-order valence-electron chi connectivity index (χ0n) is 15.8. The summed E-state index contributed by atoms with van der Waals surface area (Å²) in [6.45, 7) is 9.51. The second-order valence-electron chi connectivity index (χ2n) is 7.44. The van der Waals surface area contributed by atoms with E-state index in [0.717, 1.165) is 17.8 Å². The minimum atomic E-state index is -0.370. The molecular weight excluding hydrogens is 342 g/mol. The number of fused-ring (bicyclic) bond motifs is 3. The Hall–Kier alpha value is -3.09. The second kappa shape index (κ2) is 6.26. The maximum atomic E-state index is 13.1. The standard InChI is InChI=1S/C20H23N5O2/c1-13(2)10-25-18(26)16-17(22(4)20(25)27)21-19-23(11-14(3)12-24(16)19)15-8-6-5-7-9-15/h5-9,14H,1,10-12H2,2-4H3/t14-/m1/s1. The largest absolute Gasteiger partial charge is 0.332 e. The molecule has 7 nitrogen and oxygen atoms in total. The summed E-state index contributed by atoms with van der Waals surface area (Å²) in [7, 11) is 1.66. The van der Waals surface area contributed by atoms with E-state index in [-0.39, 0.29) is 17.8 Å². The molecule has 1 aliphatic heterocycles. The zero-order valence-corrected chi connectivity index (χ0v) is 15.8. The number of hydrogen-bond donors (Lipinski definition) is 0. The van der Waals surface area contributed by atoms with Crippen molar-refractivity contribution in [2.75, 3.05) is 11.4 Å². The first-order valence-corrected chi connectivity index (χ1v) is 9.05. The summed E-state index contributed by atoms with van der Waals surface area (Å²) in [5.41, 5.74) is 2.00. The minimum Gasteiger partial charge on any atom is -0.312 e. The number of anilines is 2. The van der Waals surface area contributed by atoms with E-state index in [1.807, 2.05) is 34.9 Å². The lowest BCUT2D eigenvalue weighted by atomic mass is 10.1. The molecule has 3 aromatic rings. The van der Waals surface area contributed by atoms with E-state index in [1.165, 1.54) is 9.13 Å². The van der Waals surface area contributed by atoms with Crippen molar-refractivity contribution in [1.29, 1.82) is 0 Å². The van der Waals surface area contributed by atoms with Crippen LogP contribution in [0.5, 0.6) is 0 Å². The number of benzene rings is 1. The van der Waals surface area contributed by atoms with Crippen LogP contribution in [0.15, 0.2) is 52.1 Å². The molecule has 1 aromatic carbocycles. The van der Waals surface area contributed by atoms with E-state index in [1.54, 1.807) is 14.0 Å². The monoisotopic (exact) mass is 365 g/mol. The van der Waals surface area contributed by atoms with E-state index in [4.69, 9.17) is 4.98 Å². The van der Waals surface area contributed by atoms with Crippen LogP contribution in [0.3, 0.4) is 0 Å². The third-order valence-electron chi connectivity index (χ3n) is 4.94. The van der Waals surface area contributed by atoms with Crippen LogP contribution in [0.1, 0.15) is 13.8 Å². The molecule has 3 heterocycles. The van der Waals surface area contributed by atoms with Crippen molar-refractivity contribution >= 4 is 22.8 Å². The van der Waals surface area contributed by atoms with Crippen LogP contribution >= 0.6 is 0 Å². The predicted molar refractivity (Wildman–Crippen MR) is 107 cm³/mol. The van der Waals surface area contributed by atoms with Gasteiger partial charge in [0, 0.05) is 25.8 Å². The van der Waals surface area contributed by atoms with Crippen molar-refractivity contribution in [2.45, 2.75) is 26.9 Å².